The van der Waals surface area contributed by atoms with E-state index in [1.54, 1.807) is 12.1 Å². The normalized spacial score (nSPS) is 13.1. The molecule has 9 nitrogen and oxygen atoms in total. The summed E-state index contributed by atoms with van der Waals surface area (Å²) >= 11 is 0. The fraction of sp³-hybridized carbons (Fsp3) is 0.269. The van der Waals surface area contributed by atoms with Crippen LogP contribution in [0.15, 0.2) is 61.1 Å². The van der Waals surface area contributed by atoms with Crippen molar-refractivity contribution in [2.75, 3.05) is 30.4 Å². The summed E-state index contributed by atoms with van der Waals surface area (Å²) in [4.78, 5) is 47.5. The second-order valence-corrected chi connectivity index (χ2v) is 8.23. The molecule has 4 rings (SSSR count). The Bertz CT molecular complexity index is 1190. The molecule has 1 fully saturated rings. The van der Waals surface area contributed by atoms with Crippen LogP contribution in [0.2, 0.25) is 0 Å². The van der Waals surface area contributed by atoms with Gasteiger partial charge in [-0.05, 0) is 67.3 Å². The van der Waals surface area contributed by atoms with Gasteiger partial charge >= 0.3 is 5.97 Å². The molecule has 0 bridgehead atoms. The van der Waals surface area contributed by atoms with Crippen molar-refractivity contribution in [1.82, 2.24) is 15.3 Å². The molecule has 0 saturated carbocycles. The Kier molecular flexibility index (Phi) is 7.67. The van der Waals surface area contributed by atoms with Gasteiger partial charge in [-0.2, -0.15) is 0 Å². The predicted molar refractivity (Wildman–Crippen MR) is 131 cm³/mol. The average molecular weight is 474 g/mol. The highest BCUT2D eigenvalue weighted by atomic mass is 16.5. The summed E-state index contributed by atoms with van der Waals surface area (Å²) in [5.74, 6) is -1.26. The Balaban J connectivity index is 1.44. The van der Waals surface area contributed by atoms with E-state index in [1.165, 1.54) is 51.0 Å². The van der Waals surface area contributed by atoms with E-state index >= 15 is 0 Å². The number of benzene rings is 2. The summed E-state index contributed by atoms with van der Waals surface area (Å²) in [5.41, 5.74) is 3.05. The zero-order valence-corrected chi connectivity index (χ0v) is 19.5. The molecule has 2 amide bonds. The fourth-order valence-corrected chi connectivity index (χ4v) is 3.97. The number of methoxy groups -OCH3 is 1. The second kappa shape index (κ2) is 11.2. The Hall–Kier alpha value is -4.27. The molecule has 0 spiro atoms. The molecule has 35 heavy (non-hydrogen) atoms. The van der Waals surface area contributed by atoms with Crippen molar-refractivity contribution >= 4 is 29.2 Å². The minimum absolute atomic E-state index is 0.138. The van der Waals surface area contributed by atoms with Gasteiger partial charge in [0.25, 0.3) is 11.8 Å². The molecule has 1 saturated heterocycles. The van der Waals surface area contributed by atoms with Crippen LogP contribution in [0.1, 0.15) is 56.0 Å². The molecule has 1 aromatic heterocycles. The quantitative estimate of drug-likeness (QED) is 0.506. The number of aromatic nitrogens is 2. The first-order valence-corrected chi connectivity index (χ1v) is 11.5. The number of anilines is 2. The van der Waals surface area contributed by atoms with Crippen molar-refractivity contribution in [3.05, 3.63) is 83.4 Å². The molecule has 180 valence electrons. The number of hydrogen-bond acceptors (Lipinski definition) is 7. The summed E-state index contributed by atoms with van der Waals surface area (Å²) in [5, 5.41) is 5.58. The molecule has 0 atom stereocenters. The molecule has 2 aromatic carbocycles. The molecule has 1 aliphatic rings. The van der Waals surface area contributed by atoms with Crippen LogP contribution in [0.5, 0.6) is 0 Å². The number of hydrogen-bond donors (Lipinski definition) is 2. The number of carbonyl (C=O) groups excluding carboxylic acids is 3. The van der Waals surface area contributed by atoms with Crippen molar-refractivity contribution in [3.8, 4) is 0 Å². The van der Waals surface area contributed by atoms with E-state index < -0.39 is 11.9 Å². The number of nitrogens with one attached hydrogen (secondary N) is 2. The Labute approximate surface area is 203 Å². The summed E-state index contributed by atoms with van der Waals surface area (Å²) in [6.07, 6.45) is 7.87. The van der Waals surface area contributed by atoms with Gasteiger partial charge in [0.05, 0.1) is 18.9 Å². The van der Waals surface area contributed by atoms with Crippen molar-refractivity contribution in [2.45, 2.75) is 25.8 Å². The summed E-state index contributed by atoms with van der Waals surface area (Å²) in [7, 11) is 1.28. The Morgan fingerprint density at radius 3 is 2.40 bits per heavy atom. The molecule has 3 aromatic rings. The van der Waals surface area contributed by atoms with Crippen LogP contribution in [0.3, 0.4) is 0 Å². The third-order valence-electron chi connectivity index (χ3n) is 5.77. The van der Waals surface area contributed by atoms with Crippen LogP contribution in [-0.2, 0) is 11.3 Å². The summed E-state index contributed by atoms with van der Waals surface area (Å²) in [6, 6.07) is 12.4. The Morgan fingerprint density at radius 1 is 0.943 bits per heavy atom. The lowest BCUT2D eigenvalue weighted by atomic mass is 10.1. The zero-order valence-electron chi connectivity index (χ0n) is 19.5. The topological polar surface area (TPSA) is 114 Å². The maximum atomic E-state index is 12.7. The number of carbonyl (C=O) groups is 3. The van der Waals surface area contributed by atoms with Crippen LogP contribution in [0, 0.1) is 0 Å². The fourth-order valence-electron chi connectivity index (χ4n) is 3.97. The van der Waals surface area contributed by atoms with Crippen LogP contribution >= 0.6 is 0 Å². The van der Waals surface area contributed by atoms with Gasteiger partial charge in [-0.3, -0.25) is 14.6 Å². The lowest BCUT2D eigenvalue weighted by Crippen LogP contribution is -2.29. The molecular formula is C26H27N5O4. The van der Waals surface area contributed by atoms with E-state index in [0.717, 1.165) is 18.8 Å². The van der Waals surface area contributed by atoms with Crippen LogP contribution < -0.4 is 15.5 Å². The first kappa shape index (κ1) is 23.9. The minimum Gasteiger partial charge on any atom is -0.465 e. The number of amides is 2. The lowest BCUT2D eigenvalue weighted by Gasteiger charge is -2.28. The molecule has 0 aliphatic carbocycles. The Morgan fingerprint density at radius 2 is 1.71 bits per heavy atom. The minimum atomic E-state index is -0.554. The third-order valence-corrected chi connectivity index (χ3v) is 5.77. The molecule has 0 radical (unpaired) electrons. The molecule has 2 heterocycles. The number of rotatable bonds is 7. The maximum Gasteiger partial charge on any atom is 0.337 e. The first-order chi connectivity index (χ1) is 17.0. The molecule has 1 aliphatic heterocycles. The van der Waals surface area contributed by atoms with E-state index in [2.05, 4.69) is 25.5 Å². The third kappa shape index (κ3) is 6.20. The van der Waals surface area contributed by atoms with Crippen molar-refractivity contribution in [2.24, 2.45) is 0 Å². The second-order valence-electron chi connectivity index (χ2n) is 8.23. The van der Waals surface area contributed by atoms with Crippen LogP contribution in [0.4, 0.5) is 11.4 Å². The van der Waals surface area contributed by atoms with Gasteiger partial charge in [-0.1, -0.05) is 0 Å². The van der Waals surface area contributed by atoms with E-state index in [4.69, 9.17) is 4.74 Å². The van der Waals surface area contributed by atoms with Gasteiger partial charge in [-0.15, -0.1) is 0 Å². The van der Waals surface area contributed by atoms with E-state index in [1.807, 2.05) is 24.3 Å². The highest BCUT2D eigenvalue weighted by molar-refractivity contribution is 6.03. The smallest absolute Gasteiger partial charge is 0.337 e. The van der Waals surface area contributed by atoms with Crippen molar-refractivity contribution in [3.63, 3.8) is 0 Å². The summed E-state index contributed by atoms with van der Waals surface area (Å²) < 4.78 is 4.83. The van der Waals surface area contributed by atoms with Gasteiger partial charge in [0, 0.05) is 49.0 Å². The molecule has 2 N–H and O–H groups in total. The van der Waals surface area contributed by atoms with Crippen LogP contribution in [-0.4, -0.2) is 48.0 Å². The van der Waals surface area contributed by atoms with Crippen LogP contribution in [0.25, 0.3) is 0 Å². The number of piperidine rings is 1. The van der Waals surface area contributed by atoms with Gasteiger partial charge in [0.15, 0.2) is 0 Å². The molecule has 9 heteroatoms. The number of esters is 1. The average Bonchev–Trinajstić information content (AvgIpc) is 2.92. The highest BCUT2D eigenvalue weighted by Gasteiger charge is 2.15. The van der Waals surface area contributed by atoms with E-state index in [-0.39, 0.29) is 23.7 Å². The maximum absolute atomic E-state index is 12.7. The molecule has 0 unspecified atom stereocenters. The van der Waals surface area contributed by atoms with Gasteiger partial charge in [0.2, 0.25) is 0 Å². The van der Waals surface area contributed by atoms with Gasteiger partial charge in [-0.25, -0.2) is 9.78 Å². The number of nitrogens with zero attached hydrogens (tertiary/aromatic N) is 3. The zero-order chi connectivity index (χ0) is 24.6. The standard InChI is InChI=1S/C26H27N5O4/c1-35-26(34)20-13-18(14-21(15-20)30-25(33)23-17-27-9-10-28-23)16-29-24(32)19-5-7-22(8-6-19)31-11-3-2-4-12-31/h5-10,13-15,17H,2-4,11-12,16H2,1H3,(H,29,32)(H,30,33). The SMILES string of the molecule is COC(=O)c1cc(CNC(=O)c2ccc(N3CCCCC3)cc2)cc(NC(=O)c2cnccn2)c1. The summed E-state index contributed by atoms with van der Waals surface area (Å²) in [6.45, 7) is 2.24. The van der Waals surface area contributed by atoms with Crippen molar-refractivity contribution in [1.29, 1.82) is 0 Å². The lowest BCUT2D eigenvalue weighted by molar-refractivity contribution is 0.0600. The van der Waals surface area contributed by atoms with E-state index in [0.29, 0.717) is 16.8 Å². The van der Waals surface area contributed by atoms with Gasteiger partial charge < -0.3 is 20.3 Å². The largest absolute Gasteiger partial charge is 0.465 e. The van der Waals surface area contributed by atoms with E-state index in [9.17, 15) is 14.4 Å². The van der Waals surface area contributed by atoms with Crippen molar-refractivity contribution < 1.29 is 19.1 Å². The molecular weight excluding hydrogens is 446 g/mol. The number of ether oxygens (including phenoxy) is 1. The monoisotopic (exact) mass is 473 g/mol. The predicted octanol–water partition coefficient (Wildman–Crippen LogP) is 3.44. The highest BCUT2D eigenvalue weighted by Crippen LogP contribution is 2.21. The van der Waals surface area contributed by atoms with Gasteiger partial charge in [0.1, 0.15) is 5.69 Å². The first-order valence-electron chi connectivity index (χ1n) is 11.5.